The van der Waals surface area contributed by atoms with Crippen molar-refractivity contribution in [3.8, 4) is 10.4 Å². The normalized spacial score (nSPS) is 11.6. The van der Waals surface area contributed by atoms with Gasteiger partial charge in [-0.2, -0.15) is 5.10 Å². The summed E-state index contributed by atoms with van der Waals surface area (Å²) in [5, 5.41) is 9.72. The first-order valence-corrected chi connectivity index (χ1v) is 11.4. The summed E-state index contributed by atoms with van der Waals surface area (Å²) < 4.78 is 9.02. The van der Waals surface area contributed by atoms with Crippen molar-refractivity contribution in [2.45, 2.75) is 19.9 Å². The van der Waals surface area contributed by atoms with Crippen LogP contribution in [0.3, 0.4) is 0 Å². The average molecular weight is 466 g/mol. The molecule has 0 saturated heterocycles. The van der Waals surface area contributed by atoms with Crippen molar-refractivity contribution in [2.24, 2.45) is 7.05 Å². The number of aromatic nitrogens is 6. The van der Waals surface area contributed by atoms with E-state index in [4.69, 9.17) is 4.74 Å². The van der Waals surface area contributed by atoms with Gasteiger partial charge in [0.1, 0.15) is 0 Å². The number of carbonyl (C=O) groups is 1. The molecular weight excluding hydrogens is 442 g/mol. The van der Waals surface area contributed by atoms with Gasteiger partial charge in [0.25, 0.3) is 5.91 Å². The number of hydrogen-bond donors (Lipinski definition) is 3. The van der Waals surface area contributed by atoms with Gasteiger partial charge < -0.3 is 14.3 Å². The highest BCUT2D eigenvalue weighted by atomic mass is 32.1. The number of imidazole rings is 2. The zero-order chi connectivity index (χ0) is 22.9. The summed E-state index contributed by atoms with van der Waals surface area (Å²) in [6.45, 7) is 3.83. The van der Waals surface area contributed by atoms with Crippen molar-refractivity contribution in [1.29, 1.82) is 0 Å². The predicted molar refractivity (Wildman–Crippen MR) is 128 cm³/mol. The van der Waals surface area contributed by atoms with Crippen LogP contribution < -0.4 is 11.0 Å². The number of amides is 1. The van der Waals surface area contributed by atoms with E-state index in [1.165, 1.54) is 11.3 Å². The maximum Gasteiger partial charge on any atom is 0.326 e. The number of anilines is 1. The molecule has 0 spiro atoms. The van der Waals surface area contributed by atoms with E-state index in [1.807, 2.05) is 29.7 Å². The molecule has 1 aromatic carbocycles. The van der Waals surface area contributed by atoms with Gasteiger partial charge in [0.05, 0.1) is 33.1 Å². The maximum atomic E-state index is 13.0. The van der Waals surface area contributed by atoms with Gasteiger partial charge >= 0.3 is 5.69 Å². The summed E-state index contributed by atoms with van der Waals surface area (Å²) in [4.78, 5) is 34.1. The van der Waals surface area contributed by atoms with E-state index >= 15 is 0 Å². The molecule has 0 unspecified atom stereocenters. The number of thiophene rings is 1. The molecule has 4 aromatic heterocycles. The van der Waals surface area contributed by atoms with Gasteiger partial charge in [0, 0.05) is 43.4 Å². The van der Waals surface area contributed by atoms with Crippen LogP contribution in [0.1, 0.15) is 23.0 Å². The van der Waals surface area contributed by atoms with Crippen LogP contribution >= 0.6 is 11.3 Å². The molecule has 5 rings (SSSR count). The highest BCUT2D eigenvalue weighted by Gasteiger charge is 2.18. The van der Waals surface area contributed by atoms with E-state index in [0.29, 0.717) is 41.6 Å². The number of hydrogen-bond acceptors (Lipinski definition) is 6. The summed E-state index contributed by atoms with van der Waals surface area (Å²) >= 11 is 1.39. The molecule has 5 aromatic rings. The monoisotopic (exact) mass is 465 g/mol. The quantitative estimate of drug-likeness (QED) is 0.303. The zero-order valence-corrected chi connectivity index (χ0v) is 19.0. The SMILES string of the molecule is CCOCCCn1c(NC(=O)c2ccc(-c3cn[nH]c3)s2)nc2cc3[nH]c(=O)n(C)c3cc21. The lowest BCUT2D eigenvalue weighted by molar-refractivity contribution is 0.102. The lowest BCUT2D eigenvalue weighted by atomic mass is 10.2. The molecular formula is C22H23N7O3S. The molecule has 4 heterocycles. The Labute approximate surface area is 192 Å². The van der Waals surface area contributed by atoms with Crippen molar-refractivity contribution in [1.82, 2.24) is 29.3 Å². The van der Waals surface area contributed by atoms with Crippen LogP contribution in [0, 0.1) is 0 Å². The summed E-state index contributed by atoms with van der Waals surface area (Å²) in [5.41, 5.74) is 3.77. The number of benzene rings is 1. The van der Waals surface area contributed by atoms with Crippen LogP contribution in [0.2, 0.25) is 0 Å². The fraction of sp³-hybridized carbons (Fsp3) is 0.273. The number of H-pyrrole nitrogens is 2. The fourth-order valence-electron chi connectivity index (χ4n) is 3.80. The number of nitrogens with one attached hydrogen (secondary N) is 3. The van der Waals surface area contributed by atoms with Crippen LogP contribution in [-0.2, 0) is 18.3 Å². The molecule has 10 nitrogen and oxygen atoms in total. The standard InChI is InChI=1S/C22H23N7O3S/c1-3-32-8-4-7-29-17-10-16-14(26-22(31)28(16)2)9-15(17)25-21(29)27-20(30)19-6-5-18(33-19)13-11-23-24-12-13/h5-6,9-12H,3-4,7-8H2,1-2H3,(H,23,24)(H,26,31)(H,25,27,30). The summed E-state index contributed by atoms with van der Waals surface area (Å²) in [6, 6.07) is 7.46. The molecule has 1 amide bonds. The minimum Gasteiger partial charge on any atom is -0.382 e. The molecule has 0 atom stereocenters. The number of carbonyl (C=O) groups excluding carboxylic acids is 1. The molecule has 0 aliphatic heterocycles. The minimum atomic E-state index is -0.228. The Morgan fingerprint density at radius 3 is 2.94 bits per heavy atom. The molecule has 170 valence electrons. The van der Waals surface area contributed by atoms with Crippen LogP contribution in [-0.4, -0.2) is 48.4 Å². The number of nitrogens with zero attached hydrogens (tertiary/aromatic N) is 4. The van der Waals surface area contributed by atoms with E-state index in [-0.39, 0.29) is 11.6 Å². The van der Waals surface area contributed by atoms with Crippen molar-refractivity contribution in [3.05, 3.63) is 52.0 Å². The number of aromatic amines is 2. The Hall–Kier alpha value is -3.70. The predicted octanol–water partition coefficient (Wildman–Crippen LogP) is 3.35. The molecule has 0 aliphatic rings. The topological polar surface area (TPSA) is 123 Å². The molecule has 3 N–H and O–H groups in total. The first-order valence-electron chi connectivity index (χ1n) is 10.6. The lowest BCUT2D eigenvalue weighted by Gasteiger charge is -2.10. The molecule has 0 aliphatic carbocycles. The second-order valence-electron chi connectivity index (χ2n) is 7.59. The Kier molecular flexibility index (Phi) is 5.56. The smallest absolute Gasteiger partial charge is 0.326 e. The van der Waals surface area contributed by atoms with E-state index in [1.54, 1.807) is 30.1 Å². The third-order valence-corrected chi connectivity index (χ3v) is 6.62. The summed E-state index contributed by atoms with van der Waals surface area (Å²) in [6.07, 6.45) is 4.27. The number of rotatable bonds is 8. The van der Waals surface area contributed by atoms with Gasteiger partial charge in [-0.15, -0.1) is 11.3 Å². The van der Waals surface area contributed by atoms with Crippen LogP contribution in [0.4, 0.5) is 5.95 Å². The molecule has 0 fully saturated rings. The fourth-order valence-corrected chi connectivity index (χ4v) is 4.68. The maximum absolute atomic E-state index is 13.0. The van der Waals surface area contributed by atoms with E-state index in [2.05, 4.69) is 25.5 Å². The Balaban J connectivity index is 1.49. The molecule has 11 heteroatoms. The molecule has 0 radical (unpaired) electrons. The average Bonchev–Trinajstić information content (AvgIpc) is 3.58. The van der Waals surface area contributed by atoms with Gasteiger partial charge in [-0.3, -0.25) is 19.8 Å². The van der Waals surface area contributed by atoms with E-state index in [0.717, 1.165) is 27.9 Å². The Bertz CT molecular complexity index is 1490. The van der Waals surface area contributed by atoms with Gasteiger partial charge in [0.2, 0.25) is 5.95 Å². The van der Waals surface area contributed by atoms with E-state index in [9.17, 15) is 9.59 Å². The molecule has 0 saturated carbocycles. The van der Waals surface area contributed by atoms with Crippen LogP contribution in [0.5, 0.6) is 0 Å². The van der Waals surface area contributed by atoms with Gasteiger partial charge in [-0.1, -0.05) is 0 Å². The van der Waals surface area contributed by atoms with Crippen molar-refractivity contribution >= 4 is 45.3 Å². The molecule has 0 bridgehead atoms. The van der Waals surface area contributed by atoms with Crippen LogP contribution in [0.15, 0.2) is 41.5 Å². The summed E-state index contributed by atoms with van der Waals surface area (Å²) in [5.74, 6) is 0.233. The van der Waals surface area contributed by atoms with Crippen LogP contribution in [0.25, 0.3) is 32.5 Å². The number of fused-ring (bicyclic) bond motifs is 2. The molecule has 33 heavy (non-hydrogen) atoms. The number of ether oxygens (including phenoxy) is 1. The largest absolute Gasteiger partial charge is 0.382 e. The second kappa shape index (κ2) is 8.68. The zero-order valence-electron chi connectivity index (χ0n) is 18.2. The van der Waals surface area contributed by atoms with Gasteiger partial charge in [-0.25, -0.2) is 9.78 Å². The van der Waals surface area contributed by atoms with Crippen molar-refractivity contribution in [2.75, 3.05) is 18.5 Å². The summed E-state index contributed by atoms with van der Waals surface area (Å²) in [7, 11) is 1.72. The minimum absolute atomic E-state index is 0.180. The highest BCUT2D eigenvalue weighted by molar-refractivity contribution is 7.17. The Morgan fingerprint density at radius 2 is 2.15 bits per heavy atom. The van der Waals surface area contributed by atoms with Crippen molar-refractivity contribution in [3.63, 3.8) is 0 Å². The number of aryl methyl sites for hydroxylation is 2. The third-order valence-electron chi connectivity index (χ3n) is 5.49. The Morgan fingerprint density at radius 1 is 1.27 bits per heavy atom. The lowest BCUT2D eigenvalue weighted by Crippen LogP contribution is -2.15. The van der Waals surface area contributed by atoms with Crippen molar-refractivity contribution < 1.29 is 9.53 Å². The second-order valence-corrected chi connectivity index (χ2v) is 8.67. The highest BCUT2D eigenvalue weighted by Crippen LogP contribution is 2.29. The van der Waals surface area contributed by atoms with E-state index < -0.39 is 0 Å². The first kappa shape index (κ1) is 21.2. The van der Waals surface area contributed by atoms with Gasteiger partial charge in [0.15, 0.2) is 0 Å². The van der Waals surface area contributed by atoms with Gasteiger partial charge in [-0.05, 0) is 37.6 Å². The first-order chi connectivity index (χ1) is 16.0. The third kappa shape index (κ3) is 3.96.